The fourth-order valence-corrected chi connectivity index (χ4v) is 0.714. The molecular weight excluding hydrogens is 103 g/mol. The zero-order valence-corrected chi connectivity index (χ0v) is 6.20. The van der Waals surface area contributed by atoms with E-state index in [4.69, 9.17) is 0 Å². The van der Waals surface area contributed by atoms with Gasteiger partial charge in [-0.3, -0.25) is 0 Å². The fraction of sp³-hybridized carbons (Fsp3) is 1.00. The summed E-state index contributed by atoms with van der Waals surface area (Å²) >= 11 is 0. The summed E-state index contributed by atoms with van der Waals surface area (Å²) in [5.41, 5.74) is 0. The molecule has 1 heteroatoms. The van der Waals surface area contributed by atoms with Gasteiger partial charge in [0.15, 0.2) is 0 Å². The van der Waals surface area contributed by atoms with Crippen LogP contribution in [0.2, 0.25) is 0 Å². The summed E-state index contributed by atoms with van der Waals surface area (Å²) in [4.78, 5) is 0. The summed E-state index contributed by atoms with van der Waals surface area (Å²) in [6, 6.07) is 0. The molecule has 0 aliphatic carbocycles. The second-order valence-electron chi connectivity index (χ2n) is 2.29. The molecule has 0 bridgehead atoms. The molecule has 0 amide bonds. The van der Waals surface area contributed by atoms with E-state index in [-0.39, 0.29) is 0 Å². The minimum Gasteiger partial charge on any atom is -0.0992 e. The van der Waals surface area contributed by atoms with Crippen molar-refractivity contribution < 1.29 is 0 Å². The van der Waals surface area contributed by atoms with Crippen LogP contribution in [0.15, 0.2) is 0 Å². The molecule has 0 saturated carbocycles. The first-order chi connectivity index (χ1) is 3.27. The van der Waals surface area contributed by atoms with Gasteiger partial charge in [0.25, 0.3) is 0 Å². The van der Waals surface area contributed by atoms with Crippen molar-refractivity contribution in [2.45, 2.75) is 26.7 Å². The van der Waals surface area contributed by atoms with E-state index in [9.17, 15) is 0 Å². The molecule has 0 rings (SSSR count). The van der Waals surface area contributed by atoms with Crippen LogP contribution in [0.3, 0.4) is 0 Å². The van der Waals surface area contributed by atoms with Gasteiger partial charge in [-0.1, -0.05) is 29.5 Å². The molecule has 0 saturated heterocycles. The molecule has 0 heterocycles. The Morgan fingerprint density at radius 2 is 2.00 bits per heavy atom. The van der Waals surface area contributed by atoms with Crippen molar-refractivity contribution in [3.05, 3.63) is 0 Å². The molecule has 0 fully saturated rings. The Morgan fingerprint density at radius 3 is 2.14 bits per heavy atom. The summed E-state index contributed by atoms with van der Waals surface area (Å²) in [5.74, 6) is 0.872. The van der Waals surface area contributed by atoms with Gasteiger partial charge in [-0.05, 0) is 18.5 Å². The lowest BCUT2D eigenvalue weighted by Crippen LogP contribution is -1.85. The van der Waals surface area contributed by atoms with Crippen molar-refractivity contribution in [3.8, 4) is 0 Å². The second-order valence-corrected chi connectivity index (χ2v) is 2.79. The van der Waals surface area contributed by atoms with Crippen LogP contribution in [0.25, 0.3) is 0 Å². The van der Waals surface area contributed by atoms with Gasteiger partial charge in [0.2, 0.25) is 0 Å². The van der Waals surface area contributed by atoms with Crippen molar-refractivity contribution in [2.75, 3.05) is 6.16 Å². The fourth-order valence-electron chi connectivity index (χ4n) is 0.510. The molecule has 0 aliphatic heterocycles. The molecule has 0 nitrogen and oxygen atoms in total. The average molecular weight is 117 g/mol. The standard InChI is InChI=1S/C6H14P/c1-6(2)4-3-5-7/h6-7H,3-5H2,1-2H3. The third-order valence-electron chi connectivity index (χ3n) is 0.958. The Balaban J connectivity index is 2.68. The van der Waals surface area contributed by atoms with E-state index in [1.807, 2.05) is 0 Å². The summed E-state index contributed by atoms with van der Waals surface area (Å²) in [5, 5.41) is 0. The third kappa shape index (κ3) is 6.43. The van der Waals surface area contributed by atoms with Crippen LogP contribution in [-0.2, 0) is 0 Å². The maximum absolute atomic E-state index is 3.42. The van der Waals surface area contributed by atoms with E-state index < -0.39 is 0 Å². The highest BCUT2D eigenvalue weighted by atomic mass is 31.0. The minimum atomic E-state index is 0.872. The third-order valence-corrected chi connectivity index (χ3v) is 1.31. The summed E-state index contributed by atoms with van der Waals surface area (Å²) in [6.45, 7) is 4.50. The zero-order valence-electron chi connectivity index (χ0n) is 5.20. The van der Waals surface area contributed by atoms with Gasteiger partial charge in [0.1, 0.15) is 0 Å². The maximum Gasteiger partial charge on any atom is -0.0317 e. The molecule has 0 aromatic carbocycles. The van der Waals surface area contributed by atoms with Gasteiger partial charge >= 0.3 is 0 Å². The normalized spacial score (nSPS) is 10.3. The highest BCUT2D eigenvalue weighted by molar-refractivity contribution is 7.16. The molecule has 0 N–H and O–H groups in total. The first-order valence-electron chi connectivity index (χ1n) is 2.92. The minimum absolute atomic E-state index is 0.872. The van der Waals surface area contributed by atoms with E-state index in [2.05, 4.69) is 23.1 Å². The summed E-state index contributed by atoms with van der Waals surface area (Å²) in [7, 11) is 3.42. The van der Waals surface area contributed by atoms with Crippen LogP contribution in [0.1, 0.15) is 26.7 Å². The molecule has 0 spiro atoms. The molecule has 0 aliphatic rings. The van der Waals surface area contributed by atoms with Crippen molar-refractivity contribution in [3.63, 3.8) is 0 Å². The molecule has 1 radical (unpaired) electrons. The highest BCUT2D eigenvalue weighted by Gasteiger charge is 1.88. The molecule has 43 valence electrons. The number of rotatable bonds is 3. The van der Waals surface area contributed by atoms with Crippen LogP contribution in [0.4, 0.5) is 0 Å². The van der Waals surface area contributed by atoms with Crippen LogP contribution < -0.4 is 0 Å². The molecule has 7 heavy (non-hydrogen) atoms. The Kier molecular flexibility index (Phi) is 4.87. The van der Waals surface area contributed by atoms with Crippen LogP contribution in [-0.4, -0.2) is 6.16 Å². The van der Waals surface area contributed by atoms with Gasteiger partial charge in [0, 0.05) is 0 Å². The topological polar surface area (TPSA) is 0 Å². The summed E-state index contributed by atoms with van der Waals surface area (Å²) in [6.07, 6.45) is 3.82. The molecule has 0 atom stereocenters. The monoisotopic (exact) mass is 117 g/mol. The Hall–Kier alpha value is 0.430. The first kappa shape index (κ1) is 7.43. The van der Waals surface area contributed by atoms with Gasteiger partial charge in [0.05, 0.1) is 0 Å². The molecule has 0 aromatic rings. The maximum atomic E-state index is 3.42. The summed E-state index contributed by atoms with van der Waals surface area (Å²) < 4.78 is 0. The second kappa shape index (κ2) is 4.59. The van der Waals surface area contributed by atoms with Crippen molar-refractivity contribution >= 4 is 9.24 Å². The quantitative estimate of drug-likeness (QED) is 0.498. The van der Waals surface area contributed by atoms with Crippen LogP contribution in [0, 0.1) is 5.92 Å². The molecular formula is C6H14P. The average Bonchev–Trinajstić information content (AvgIpc) is 1.61. The Labute approximate surface area is 48.9 Å². The molecule has 0 aromatic heterocycles. The SMILES string of the molecule is CC(C)CCC[PH]. The van der Waals surface area contributed by atoms with Gasteiger partial charge in [-0.25, -0.2) is 0 Å². The van der Waals surface area contributed by atoms with Crippen LogP contribution in [0.5, 0.6) is 0 Å². The van der Waals surface area contributed by atoms with Gasteiger partial charge in [-0.15, -0.1) is 0 Å². The van der Waals surface area contributed by atoms with E-state index in [1.165, 1.54) is 12.8 Å². The van der Waals surface area contributed by atoms with Crippen molar-refractivity contribution in [2.24, 2.45) is 5.92 Å². The van der Waals surface area contributed by atoms with E-state index >= 15 is 0 Å². The van der Waals surface area contributed by atoms with E-state index in [0.717, 1.165) is 12.1 Å². The first-order valence-corrected chi connectivity index (χ1v) is 3.62. The largest absolute Gasteiger partial charge is 0.0992 e. The van der Waals surface area contributed by atoms with Crippen molar-refractivity contribution in [1.82, 2.24) is 0 Å². The Morgan fingerprint density at radius 1 is 1.43 bits per heavy atom. The van der Waals surface area contributed by atoms with Crippen LogP contribution >= 0.6 is 9.24 Å². The lowest BCUT2D eigenvalue weighted by atomic mass is 10.1. The predicted molar refractivity (Wildman–Crippen MR) is 37.3 cm³/mol. The lowest BCUT2D eigenvalue weighted by Gasteiger charge is -1.98. The Bertz CT molecular complexity index is 33.2. The van der Waals surface area contributed by atoms with Crippen molar-refractivity contribution in [1.29, 1.82) is 0 Å². The van der Waals surface area contributed by atoms with Gasteiger partial charge < -0.3 is 0 Å². The highest BCUT2D eigenvalue weighted by Crippen LogP contribution is 2.04. The number of hydrogen-bond acceptors (Lipinski definition) is 0. The number of hydrogen-bond donors (Lipinski definition) is 0. The van der Waals surface area contributed by atoms with Gasteiger partial charge in [-0.2, -0.15) is 0 Å². The molecule has 0 unspecified atom stereocenters. The predicted octanol–water partition coefficient (Wildman–Crippen LogP) is 2.57. The lowest BCUT2D eigenvalue weighted by molar-refractivity contribution is 0.579. The van der Waals surface area contributed by atoms with E-state index in [1.54, 1.807) is 0 Å². The smallest absolute Gasteiger partial charge is 0.0317 e. The zero-order chi connectivity index (χ0) is 5.70. The van der Waals surface area contributed by atoms with E-state index in [0.29, 0.717) is 0 Å².